The van der Waals surface area contributed by atoms with Crippen molar-refractivity contribution in [1.82, 2.24) is 0 Å². The maximum atomic E-state index is 12.4. The number of ketones is 1. The molecule has 0 aromatic rings. The van der Waals surface area contributed by atoms with E-state index in [-0.39, 0.29) is 28.6 Å². The molecule has 2 unspecified atom stereocenters. The Labute approximate surface area is 151 Å². The third kappa shape index (κ3) is 2.09. The number of hydrogen-bond acceptors (Lipinski definition) is 3. The van der Waals surface area contributed by atoms with E-state index in [9.17, 15) is 15.0 Å². The lowest BCUT2D eigenvalue weighted by Gasteiger charge is -2.58. The second kappa shape index (κ2) is 5.42. The number of allylic oxidation sites excluding steroid dienone is 1. The molecule has 8 atom stereocenters. The summed E-state index contributed by atoms with van der Waals surface area (Å²) in [7, 11) is 0. The van der Waals surface area contributed by atoms with Crippen molar-refractivity contribution in [3.63, 3.8) is 0 Å². The van der Waals surface area contributed by atoms with Crippen LogP contribution in [0.4, 0.5) is 0 Å². The minimum Gasteiger partial charge on any atom is -0.393 e. The molecule has 2 N–H and O–H groups in total. The first-order valence-corrected chi connectivity index (χ1v) is 10.3. The molecule has 0 aromatic heterocycles. The van der Waals surface area contributed by atoms with Crippen LogP contribution in [0.5, 0.6) is 0 Å². The van der Waals surface area contributed by atoms with Crippen LogP contribution in [0.2, 0.25) is 0 Å². The zero-order chi connectivity index (χ0) is 18.2. The van der Waals surface area contributed by atoms with E-state index >= 15 is 0 Å². The van der Waals surface area contributed by atoms with E-state index < -0.39 is 5.60 Å². The Morgan fingerprint density at radius 1 is 1.20 bits per heavy atom. The van der Waals surface area contributed by atoms with Crippen molar-refractivity contribution in [2.24, 2.45) is 34.5 Å². The molecule has 4 aliphatic rings. The third-order valence-electron chi connectivity index (χ3n) is 9.20. The summed E-state index contributed by atoms with van der Waals surface area (Å²) in [6.45, 7) is 8.26. The highest BCUT2D eigenvalue weighted by Gasteiger charge is 2.67. The van der Waals surface area contributed by atoms with Gasteiger partial charge in [-0.15, -0.1) is 0 Å². The predicted molar refractivity (Wildman–Crippen MR) is 97.9 cm³/mol. The Bertz CT molecular complexity index is 625. The van der Waals surface area contributed by atoms with Crippen molar-refractivity contribution in [3.8, 4) is 0 Å². The molecule has 4 rings (SSSR count). The summed E-state index contributed by atoms with van der Waals surface area (Å²) >= 11 is 0. The fourth-order valence-corrected chi connectivity index (χ4v) is 7.73. The van der Waals surface area contributed by atoms with Gasteiger partial charge in [0, 0.05) is 5.41 Å². The largest absolute Gasteiger partial charge is 0.393 e. The van der Waals surface area contributed by atoms with Gasteiger partial charge < -0.3 is 10.2 Å². The molecule has 0 bridgehead atoms. The molecule has 3 nitrogen and oxygen atoms in total. The molecule has 0 saturated heterocycles. The van der Waals surface area contributed by atoms with Gasteiger partial charge in [0.1, 0.15) is 5.60 Å². The van der Waals surface area contributed by atoms with E-state index in [0.717, 1.165) is 44.9 Å². The number of fused-ring (bicyclic) bond motifs is 5. The number of aliphatic hydroxyl groups is 2. The first-order valence-electron chi connectivity index (χ1n) is 10.3. The van der Waals surface area contributed by atoms with Crippen LogP contribution in [-0.2, 0) is 4.79 Å². The lowest BCUT2D eigenvalue weighted by molar-refractivity contribution is -0.165. The van der Waals surface area contributed by atoms with Gasteiger partial charge >= 0.3 is 0 Å². The molecule has 0 aliphatic heterocycles. The molecule has 0 spiro atoms. The molecular formula is C22H34O3. The van der Waals surface area contributed by atoms with Crippen LogP contribution >= 0.6 is 0 Å². The van der Waals surface area contributed by atoms with Gasteiger partial charge in [0.2, 0.25) is 0 Å². The van der Waals surface area contributed by atoms with E-state index in [1.54, 1.807) is 6.92 Å². The van der Waals surface area contributed by atoms with Gasteiger partial charge in [0.15, 0.2) is 5.78 Å². The molecule has 0 aromatic carbocycles. The minimum atomic E-state index is -1.16. The molecule has 0 heterocycles. The van der Waals surface area contributed by atoms with Gasteiger partial charge in [-0.2, -0.15) is 0 Å². The van der Waals surface area contributed by atoms with Crippen LogP contribution in [0, 0.1) is 34.5 Å². The Kier molecular flexibility index (Phi) is 3.84. The molecule has 3 fully saturated rings. The summed E-state index contributed by atoms with van der Waals surface area (Å²) in [6.07, 6.45) is 9.15. The first-order chi connectivity index (χ1) is 11.6. The van der Waals surface area contributed by atoms with Gasteiger partial charge in [-0.1, -0.05) is 32.4 Å². The van der Waals surface area contributed by atoms with Crippen LogP contribution in [0.1, 0.15) is 72.6 Å². The summed E-state index contributed by atoms with van der Waals surface area (Å²) in [5.74, 6) is 1.64. The van der Waals surface area contributed by atoms with Gasteiger partial charge in [-0.05, 0) is 81.0 Å². The summed E-state index contributed by atoms with van der Waals surface area (Å²) < 4.78 is 0. The Hall–Kier alpha value is -0.670. The van der Waals surface area contributed by atoms with Gasteiger partial charge in [-0.25, -0.2) is 0 Å². The van der Waals surface area contributed by atoms with Crippen LogP contribution in [0.25, 0.3) is 0 Å². The average molecular weight is 347 g/mol. The third-order valence-corrected chi connectivity index (χ3v) is 9.20. The normalized spacial score (nSPS) is 55.0. The summed E-state index contributed by atoms with van der Waals surface area (Å²) in [5, 5.41) is 21.5. The molecule has 3 saturated carbocycles. The number of Topliss-reactive ketones (excluding diaryl/α,β-unsaturated/α-hetero) is 1. The van der Waals surface area contributed by atoms with Crippen molar-refractivity contribution in [2.45, 2.75) is 84.3 Å². The van der Waals surface area contributed by atoms with Gasteiger partial charge in [0.05, 0.1) is 6.10 Å². The van der Waals surface area contributed by atoms with E-state index in [2.05, 4.69) is 26.8 Å². The lowest BCUT2D eigenvalue weighted by atomic mass is 9.46. The van der Waals surface area contributed by atoms with Gasteiger partial charge in [-0.3, -0.25) is 4.79 Å². The number of rotatable bonds is 1. The monoisotopic (exact) mass is 346 g/mol. The van der Waals surface area contributed by atoms with Crippen molar-refractivity contribution in [1.29, 1.82) is 0 Å². The topological polar surface area (TPSA) is 57.5 Å². The molecule has 140 valence electrons. The van der Waals surface area contributed by atoms with E-state index in [1.165, 1.54) is 5.57 Å². The van der Waals surface area contributed by atoms with Crippen LogP contribution in [0.15, 0.2) is 11.6 Å². The smallest absolute Gasteiger partial charge is 0.162 e. The summed E-state index contributed by atoms with van der Waals surface area (Å²) in [6, 6.07) is 0. The second-order valence-corrected chi connectivity index (χ2v) is 10.1. The maximum absolute atomic E-state index is 12.4. The SMILES string of the molecule is CC(=O)[C@@]1(O)C(C)C[C@H]2[C@@H]3CC=C4CC(O)CC[C@]4(C)[C@H]3CC[C@@]21C. The fourth-order valence-electron chi connectivity index (χ4n) is 7.73. The zero-order valence-electron chi connectivity index (χ0n) is 16.2. The highest BCUT2D eigenvalue weighted by atomic mass is 16.3. The first kappa shape index (κ1) is 17.7. The van der Waals surface area contributed by atoms with Crippen molar-refractivity contribution in [3.05, 3.63) is 11.6 Å². The standard InChI is InChI=1S/C22H34O3/c1-13-11-19-17-6-5-15-12-16(24)7-9-20(15,3)18(17)8-10-21(19,4)22(13,25)14(2)23/h5,13,16-19,24-25H,6-12H2,1-4H3/t13?,16?,17-,18+,19+,20+,21+,22+/m1/s1. The molecule has 3 heteroatoms. The van der Waals surface area contributed by atoms with Crippen molar-refractivity contribution >= 4 is 5.78 Å². The van der Waals surface area contributed by atoms with E-state index in [0.29, 0.717) is 17.8 Å². The highest BCUT2D eigenvalue weighted by molar-refractivity contribution is 5.86. The van der Waals surface area contributed by atoms with E-state index in [1.807, 2.05) is 0 Å². The molecule has 0 amide bonds. The van der Waals surface area contributed by atoms with Crippen LogP contribution in [0.3, 0.4) is 0 Å². The van der Waals surface area contributed by atoms with Crippen LogP contribution in [-0.4, -0.2) is 27.7 Å². The zero-order valence-corrected chi connectivity index (χ0v) is 16.2. The Balaban J connectivity index is 1.72. The average Bonchev–Trinajstić information content (AvgIpc) is 2.77. The summed E-state index contributed by atoms with van der Waals surface area (Å²) in [4.78, 5) is 12.4. The molecule has 25 heavy (non-hydrogen) atoms. The second-order valence-electron chi connectivity index (χ2n) is 10.1. The predicted octanol–water partition coefficient (Wildman–Crippen LogP) is 3.88. The van der Waals surface area contributed by atoms with E-state index in [4.69, 9.17) is 0 Å². The quantitative estimate of drug-likeness (QED) is 0.709. The number of aliphatic hydroxyl groups excluding tert-OH is 1. The highest BCUT2D eigenvalue weighted by Crippen LogP contribution is 2.68. The number of hydrogen-bond donors (Lipinski definition) is 2. The molecule has 4 aliphatic carbocycles. The fraction of sp³-hybridized carbons (Fsp3) is 0.864. The Morgan fingerprint density at radius 3 is 2.60 bits per heavy atom. The van der Waals surface area contributed by atoms with Crippen LogP contribution < -0.4 is 0 Å². The van der Waals surface area contributed by atoms with Crippen molar-refractivity contribution in [2.75, 3.05) is 0 Å². The molecule has 0 radical (unpaired) electrons. The van der Waals surface area contributed by atoms with Crippen molar-refractivity contribution < 1.29 is 15.0 Å². The summed E-state index contributed by atoms with van der Waals surface area (Å²) in [5.41, 5.74) is 0.249. The molecular weight excluding hydrogens is 312 g/mol. The number of carbonyl (C=O) groups is 1. The van der Waals surface area contributed by atoms with Gasteiger partial charge in [0.25, 0.3) is 0 Å². The Morgan fingerprint density at radius 2 is 1.92 bits per heavy atom. The minimum absolute atomic E-state index is 0.0394. The number of carbonyl (C=O) groups excluding carboxylic acids is 1. The maximum Gasteiger partial charge on any atom is 0.162 e. The lowest BCUT2D eigenvalue weighted by Crippen LogP contribution is -2.58.